The number of nitrogens with one attached hydrogen (secondary N) is 1. The van der Waals surface area contributed by atoms with E-state index >= 15 is 0 Å². The highest BCUT2D eigenvalue weighted by atomic mass is 127. The summed E-state index contributed by atoms with van der Waals surface area (Å²) < 4.78 is 41.7. The average Bonchev–Trinajstić information content (AvgIpc) is 2.92. The van der Waals surface area contributed by atoms with Crippen molar-refractivity contribution in [2.24, 2.45) is 10.7 Å². The van der Waals surface area contributed by atoms with Gasteiger partial charge in [0.2, 0.25) is 0 Å². The van der Waals surface area contributed by atoms with Gasteiger partial charge in [0.1, 0.15) is 5.75 Å². The predicted molar refractivity (Wildman–Crippen MR) is 90.9 cm³/mol. The average molecular weight is 441 g/mol. The van der Waals surface area contributed by atoms with Crippen molar-refractivity contribution < 1.29 is 17.9 Å². The maximum Gasteiger partial charge on any atom is 0.573 e. The molecule has 126 valence electrons. The van der Waals surface area contributed by atoms with Crippen LogP contribution in [0.4, 0.5) is 18.9 Å². The molecule has 0 fully saturated rings. The molecule has 1 aromatic heterocycles. The summed E-state index contributed by atoms with van der Waals surface area (Å²) in [5, 5.41) is 2.78. The highest BCUT2D eigenvalue weighted by molar-refractivity contribution is 14.0. The topological polar surface area (TPSA) is 77.5 Å². The molecule has 0 bridgehead atoms. The number of anilines is 1. The molecule has 0 amide bonds. The molecule has 6 nitrogen and oxygen atoms in total. The standard InChI is InChI=1S/C13H14F3N5O.HI/c14-13(15,16)22-11-3-1-10(2-4-11)20-12(17)19-6-8-21-7-5-18-9-21;/h1-5,7,9H,6,8H2,(H3,17,19,20);1H. The Kier molecular flexibility index (Phi) is 7.13. The van der Waals surface area contributed by atoms with Crippen LogP contribution in [0.3, 0.4) is 0 Å². The smallest absolute Gasteiger partial charge is 0.406 e. The molecule has 23 heavy (non-hydrogen) atoms. The number of hydrogen-bond donors (Lipinski definition) is 2. The maximum atomic E-state index is 12.0. The Morgan fingerprint density at radius 2 is 2.00 bits per heavy atom. The summed E-state index contributed by atoms with van der Waals surface area (Å²) in [7, 11) is 0. The van der Waals surface area contributed by atoms with E-state index in [4.69, 9.17) is 5.73 Å². The van der Waals surface area contributed by atoms with Gasteiger partial charge in [-0.1, -0.05) is 0 Å². The fourth-order valence-electron chi connectivity index (χ4n) is 1.63. The first-order valence-electron chi connectivity index (χ1n) is 6.31. The van der Waals surface area contributed by atoms with Crippen molar-refractivity contribution in [3.63, 3.8) is 0 Å². The molecule has 0 aliphatic carbocycles. The predicted octanol–water partition coefficient (Wildman–Crippen LogP) is 2.83. The largest absolute Gasteiger partial charge is 0.573 e. The van der Waals surface area contributed by atoms with Gasteiger partial charge >= 0.3 is 6.36 Å². The fraction of sp³-hybridized carbons (Fsp3) is 0.231. The van der Waals surface area contributed by atoms with Gasteiger partial charge in [-0.25, -0.2) is 4.98 Å². The molecule has 10 heteroatoms. The molecular formula is C13H15F3IN5O. The molecule has 0 saturated heterocycles. The first-order valence-corrected chi connectivity index (χ1v) is 6.31. The van der Waals surface area contributed by atoms with Crippen molar-refractivity contribution in [3.8, 4) is 5.75 Å². The van der Waals surface area contributed by atoms with Crippen molar-refractivity contribution >= 4 is 35.6 Å². The normalized spacial score (nSPS) is 11.7. The Hall–Kier alpha value is -1.98. The van der Waals surface area contributed by atoms with E-state index in [0.717, 1.165) is 0 Å². The molecule has 0 radical (unpaired) electrons. The van der Waals surface area contributed by atoms with Crippen LogP contribution in [0.15, 0.2) is 48.0 Å². The van der Waals surface area contributed by atoms with Crippen LogP contribution in [0, 0.1) is 0 Å². The second kappa shape index (κ2) is 8.60. The Morgan fingerprint density at radius 3 is 2.57 bits per heavy atom. The number of nitrogens with two attached hydrogens (primary N) is 1. The number of rotatable bonds is 5. The highest BCUT2D eigenvalue weighted by Gasteiger charge is 2.30. The molecule has 0 saturated carbocycles. The van der Waals surface area contributed by atoms with Crippen LogP contribution < -0.4 is 15.8 Å². The van der Waals surface area contributed by atoms with E-state index in [-0.39, 0.29) is 35.7 Å². The summed E-state index contributed by atoms with van der Waals surface area (Å²) in [5.41, 5.74) is 6.20. The third kappa shape index (κ3) is 7.21. The molecule has 1 heterocycles. The number of halogens is 4. The van der Waals surface area contributed by atoms with Crippen molar-refractivity contribution in [1.82, 2.24) is 9.55 Å². The number of ether oxygens (including phenoxy) is 1. The van der Waals surface area contributed by atoms with Crippen LogP contribution in [0.25, 0.3) is 0 Å². The first kappa shape index (κ1) is 19.1. The van der Waals surface area contributed by atoms with Gasteiger partial charge in [-0.05, 0) is 24.3 Å². The monoisotopic (exact) mass is 441 g/mol. The molecule has 2 aromatic rings. The van der Waals surface area contributed by atoms with E-state index in [1.165, 1.54) is 24.3 Å². The molecule has 0 aliphatic heterocycles. The number of imidazole rings is 1. The second-order valence-electron chi connectivity index (χ2n) is 4.26. The number of aromatic nitrogens is 2. The number of aliphatic imine (C=N–C) groups is 1. The Bertz CT molecular complexity index is 614. The van der Waals surface area contributed by atoms with E-state index in [1.54, 1.807) is 18.7 Å². The fourth-order valence-corrected chi connectivity index (χ4v) is 1.63. The van der Waals surface area contributed by atoms with Gasteiger partial charge in [-0.3, -0.25) is 4.99 Å². The van der Waals surface area contributed by atoms with Gasteiger partial charge < -0.3 is 20.4 Å². The van der Waals surface area contributed by atoms with Crippen LogP contribution >= 0.6 is 24.0 Å². The lowest BCUT2D eigenvalue weighted by atomic mass is 10.3. The van der Waals surface area contributed by atoms with Crippen molar-refractivity contribution in [2.45, 2.75) is 12.9 Å². The van der Waals surface area contributed by atoms with Crippen LogP contribution in [-0.4, -0.2) is 28.4 Å². The van der Waals surface area contributed by atoms with Crippen molar-refractivity contribution in [1.29, 1.82) is 0 Å². The number of alkyl halides is 3. The quantitative estimate of drug-likeness (QED) is 0.425. The minimum atomic E-state index is -4.71. The third-order valence-corrected chi connectivity index (χ3v) is 2.56. The number of guanidine groups is 1. The first-order chi connectivity index (χ1) is 10.4. The van der Waals surface area contributed by atoms with Gasteiger partial charge in [0.05, 0.1) is 12.9 Å². The highest BCUT2D eigenvalue weighted by Crippen LogP contribution is 2.23. The molecule has 2 rings (SSSR count). The van der Waals surface area contributed by atoms with Crippen LogP contribution in [-0.2, 0) is 6.54 Å². The molecule has 0 atom stereocenters. The van der Waals surface area contributed by atoms with Gasteiger partial charge in [-0.2, -0.15) is 0 Å². The van der Waals surface area contributed by atoms with Crippen molar-refractivity contribution in [3.05, 3.63) is 43.0 Å². The van der Waals surface area contributed by atoms with Crippen molar-refractivity contribution in [2.75, 3.05) is 11.9 Å². The Balaban J connectivity index is 0.00000264. The molecular weight excluding hydrogens is 426 g/mol. The van der Waals surface area contributed by atoms with Gasteiger partial charge in [0.15, 0.2) is 5.96 Å². The Morgan fingerprint density at radius 1 is 1.30 bits per heavy atom. The van der Waals surface area contributed by atoms with Crippen LogP contribution in [0.2, 0.25) is 0 Å². The zero-order chi connectivity index (χ0) is 16.0. The van der Waals surface area contributed by atoms with E-state index < -0.39 is 6.36 Å². The van der Waals surface area contributed by atoms with E-state index in [2.05, 4.69) is 20.0 Å². The molecule has 1 aromatic carbocycles. The summed E-state index contributed by atoms with van der Waals surface area (Å²) in [6.07, 6.45) is 0.426. The lowest BCUT2D eigenvalue weighted by Crippen LogP contribution is -2.23. The SMILES string of the molecule is I.NC(=NCCn1ccnc1)Nc1ccc(OC(F)(F)F)cc1. The van der Waals surface area contributed by atoms with Crippen LogP contribution in [0.5, 0.6) is 5.75 Å². The Labute approximate surface area is 147 Å². The molecule has 3 N–H and O–H groups in total. The zero-order valence-electron chi connectivity index (χ0n) is 11.8. The number of hydrogen-bond acceptors (Lipinski definition) is 3. The zero-order valence-corrected chi connectivity index (χ0v) is 14.2. The number of benzene rings is 1. The van der Waals surface area contributed by atoms with E-state index in [0.29, 0.717) is 18.8 Å². The molecule has 0 aliphatic rings. The maximum absolute atomic E-state index is 12.0. The second-order valence-corrected chi connectivity index (χ2v) is 4.26. The lowest BCUT2D eigenvalue weighted by Gasteiger charge is -2.10. The summed E-state index contributed by atoms with van der Waals surface area (Å²) >= 11 is 0. The summed E-state index contributed by atoms with van der Waals surface area (Å²) in [5.74, 6) is -0.127. The summed E-state index contributed by atoms with van der Waals surface area (Å²) in [6, 6.07) is 5.21. The van der Waals surface area contributed by atoms with E-state index in [1.807, 2.05) is 4.57 Å². The minimum absolute atomic E-state index is 0. The van der Waals surface area contributed by atoms with Gasteiger partial charge in [0.25, 0.3) is 0 Å². The number of nitrogens with zero attached hydrogens (tertiary/aromatic N) is 3. The summed E-state index contributed by atoms with van der Waals surface area (Å²) in [6.45, 7) is 1.07. The molecule has 0 unspecified atom stereocenters. The summed E-state index contributed by atoms with van der Waals surface area (Å²) in [4.78, 5) is 8.00. The van der Waals surface area contributed by atoms with Crippen LogP contribution in [0.1, 0.15) is 0 Å². The lowest BCUT2D eigenvalue weighted by molar-refractivity contribution is -0.274. The molecule has 0 spiro atoms. The minimum Gasteiger partial charge on any atom is -0.406 e. The van der Waals surface area contributed by atoms with E-state index in [9.17, 15) is 13.2 Å². The third-order valence-electron chi connectivity index (χ3n) is 2.56. The van der Waals surface area contributed by atoms with Gasteiger partial charge in [-0.15, -0.1) is 37.1 Å². The van der Waals surface area contributed by atoms with Gasteiger partial charge in [0, 0.05) is 24.6 Å².